The fourth-order valence-electron chi connectivity index (χ4n) is 2.99. The van der Waals surface area contributed by atoms with Crippen LogP contribution in [0.1, 0.15) is 41.3 Å². The zero-order valence-electron chi connectivity index (χ0n) is 14.2. The number of amides is 1. The second-order valence-electron chi connectivity index (χ2n) is 6.21. The van der Waals surface area contributed by atoms with E-state index in [1.54, 1.807) is 23.1 Å². The van der Waals surface area contributed by atoms with Gasteiger partial charge in [0, 0.05) is 23.7 Å². The predicted octanol–water partition coefficient (Wildman–Crippen LogP) is 4.90. The molecule has 6 heteroatoms. The fraction of sp³-hybridized carbons (Fsp3) is 0.300. The van der Waals surface area contributed by atoms with Gasteiger partial charge < -0.3 is 9.64 Å². The number of rotatable bonds is 4. The maximum Gasteiger partial charge on any atom is 0.340 e. The van der Waals surface area contributed by atoms with Crippen LogP contribution in [0, 0.1) is 0 Å². The topological polar surface area (TPSA) is 46.6 Å². The highest BCUT2D eigenvalue weighted by Crippen LogP contribution is 2.27. The molecule has 0 aliphatic carbocycles. The van der Waals surface area contributed by atoms with Crippen molar-refractivity contribution >= 4 is 35.1 Å². The van der Waals surface area contributed by atoms with Gasteiger partial charge in [-0.25, -0.2) is 4.79 Å². The fourth-order valence-corrected chi connectivity index (χ4v) is 3.48. The van der Waals surface area contributed by atoms with E-state index in [1.165, 1.54) is 12.1 Å². The molecule has 1 heterocycles. The summed E-state index contributed by atoms with van der Waals surface area (Å²) >= 11 is 12.0. The average Bonchev–Trinajstić information content (AvgIpc) is 2.67. The van der Waals surface area contributed by atoms with Crippen molar-refractivity contribution in [3.63, 3.8) is 0 Å². The van der Waals surface area contributed by atoms with Gasteiger partial charge in [0.1, 0.15) is 0 Å². The molecule has 1 fully saturated rings. The summed E-state index contributed by atoms with van der Waals surface area (Å²) in [6.07, 6.45) is 2.04. The number of piperidine rings is 1. The maximum absolute atomic E-state index is 13.0. The summed E-state index contributed by atoms with van der Waals surface area (Å²) in [5, 5.41) is 0.621. The van der Waals surface area contributed by atoms with Gasteiger partial charge in [0.25, 0.3) is 5.91 Å². The normalized spacial score (nSPS) is 15.4. The first-order valence-electron chi connectivity index (χ1n) is 8.56. The Labute approximate surface area is 162 Å². The zero-order chi connectivity index (χ0) is 18.5. The Morgan fingerprint density at radius 3 is 2.31 bits per heavy atom. The monoisotopic (exact) mass is 391 g/mol. The highest BCUT2D eigenvalue weighted by Gasteiger charge is 2.31. The first-order valence-corrected chi connectivity index (χ1v) is 9.31. The minimum atomic E-state index is -0.992. The Morgan fingerprint density at radius 1 is 0.962 bits per heavy atom. The van der Waals surface area contributed by atoms with Gasteiger partial charge in [-0.3, -0.25) is 4.79 Å². The molecule has 3 rings (SSSR count). The van der Waals surface area contributed by atoms with Crippen LogP contribution in [-0.2, 0) is 9.53 Å². The molecule has 0 N–H and O–H groups in total. The van der Waals surface area contributed by atoms with Crippen LogP contribution in [0.5, 0.6) is 0 Å². The molecule has 0 radical (unpaired) electrons. The highest BCUT2D eigenvalue weighted by atomic mass is 35.5. The summed E-state index contributed by atoms with van der Waals surface area (Å²) in [4.78, 5) is 27.4. The third kappa shape index (κ3) is 4.37. The minimum absolute atomic E-state index is 0.184. The molecule has 1 saturated heterocycles. The summed E-state index contributed by atoms with van der Waals surface area (Å²) in [5.41, 5.74) is 0.824. The van der Waals surface area contributed by atoms with E-state index >= 15 is 0 Å². The number of hydrogen-bond acceptors (Lipinski definition) is 3. The molecule has 0 unspecified atom stereocenters. The molecule has 0 spiro atoms. The second kappa shape index (κ2) is 8.56. The van der Waals surface area contributed by atoms with E-state index in [1.807, 2.05) is 18.2 Å². The first-order chi connectivity index (χ1) is 12.6. The van der Waals surface area contributed by atoms with Crippen LogP contribution in [-0.4, -0.2) is 29.9 Å². The summed E-state index contributed by atoms with van der Waals surface area (Å²) in [6.45, 7) is 1.36. The lowest BCUT2D eigenvalue weighted by atomic mass is 10.1. The lowest BCUT2D eigenvalue weighted by molar-refractivity contribution is -0.142. The van der Waals surface area contributed by atoms with Crippen molar-refractivity contribution in [2.45, 2.75) is 25.4 Å². The van der Waals surface area contributed by atoms with E-state index in [0.717, 1.165) is 19.3 Å². The van der Waals surface area contributed by atoms with Gasteiger partial charge in [0.2, 0.25) is 6.10 Å². The largest absolute Gasteiger partial charge is 0.444 e. The molecule has 136 valence electrons. The molecule has 1 aliphatic heterocycles. The van der Waals surface area contributed by atoms with E-state index in [0.29, 0.717) is 23.7 Å². The number of benzene rings is 2. The molecule has 2 aromatic rings. The third-order valence-electron chi connectivity index (χ3n) is 4.37. The molecule has 2 aromatic carbocycles. The summed E-state index contributed by atoms with van der Waals surface area (Å²) in [5.74, 6) is -0.847. The molecule has 26 heavy (non-hydrogen) atoms. The third-order valence-corrected chi connectivity index (χ3v) is 4.92. The van der Waals surface area contributed by atoms with E-state index in [9.17, 15) is 9.59 Å². The van der Waals surface area contributed by atoms with Crippen molar-refractivity contribution < 1.29 is 14.3 Å². The Hall–Kier alpha value is -2.04. The zero-order valence-corrected chi connectivity index (χ0v) is 15.7. The summed E-state index contributed by atoms with van der Waals surface area (Å²) in [6, 6.07) is 13.6. The van der Waals surface area contributed by atoms with Gasteiger partial charge in [0.15, 0.2) is 0 Å². The smallest absolute Gasteiger partial charge is 0.340 e. The number of carbonyl (C=O) groups excluding carboxylic acids is 2. The van der Waals surface area contributed by atoms with Gasteiger partial charge in [-0.05, 0) is 37.5 Å². The maximum atomic E-state index is 13.0. The quantitative estimate of drug-likeness (QED) is 0.695. The van der Waals surface area contributed by atoms with E-state index in [4.69, 9.17) is 27.9 Å². The van der Waals surface area contributed by atoms with Crippen LogP contribution < -0.4 is 0 Å². The van der Waals surface area contributed by atoms with Crippen LogP contribution in [0.4, 0.5) is 0 Å². The van der Waals surface area contributed by atoms with E-state index < -0.39 is 12.1 Å². The number of esters is 1. The Kier molecular flexibility index (Phi) is 6.17. The highest BCUT2D eigenvalue weighted by molar-refractivity contribution is 6.36. The molecule has 0 saturated carbocycles. The molecule has 1 aliphatic rings. The number of hydrogen-bond donors (Lipinski definition) is 0. The van der Waals surface area contributed by atoms with Crippen LogP contribution in [0.25, 0.3) is 0 Å². The van der Waals surface area contributed by atoms with Crippen LogP contribution in [0.15, 0.2) is 48.5 Å². The number of carbonyl (C=O) groups is 2. The lowest BCUT2D eigenvalue weighted by Crippen LogP contribution is -2.40. The first kappa shape index (κ1) is 18.7. The minimum Gasteiger partial charge on any atom is -0.444 e. The van der Waals surface area contributed by atoms with Gasteiger partial charge >= 0.3 is 5.97 Å². The Bertz CT molecular complexity index is 789. The van der Waals surface area contributed by atoms with E-state index in [-0.39, 0.29) is 16.5 Å². The van der Waals surface area contributed by atoms with Crippen molar-refractivity contribution in [3.05, 3.63) is 69.7 Å². The molecule has 1 amide bonds. The van der Waals surface area contributed by atoms with Crippen molar-refractivity contribution in [2.24, 2.45) is 0 Å². The predicted molar refractivity (Wildman–Crippen MR) is 101 cm³/mol. The molecule has 0 aromatic heterocycles. The van der Waals surface area contributed by atoms with Gasteiger partial charge in [0.05, 0.1) is 10.6 Å². The summed E-state index contributed by atoms with van der Waals surface area (Å²) < 4.78 is 5.60. The van der Waals surface area contributed by atoms with Gasteiger partial charge in [-0.2, -0.15) is 0 Å². The number of nitrogens with zero attached hydrogens (tertiary/aromatic N) is 1. The van der Waals surface area contributed by atoms with Gasteiger partial charge in [-0.1, -0.05) is 53.5 Å². The number of ether oxygens (including phenoxy) is 1. The second-order valence-corrected chi connectivity index (χ2v) is 7.05. The molecular formula is C20H19Cl2NO3. The molecule has 1 atom stereocenters. The van der Waals surface area contributed by atoms with Crippen molar-refractivity contribution in [2.75, 3.05) is 13.1 Å². The average molecular weight is 392 g/mol. The molecule has 4 nitrogen and oxygen atoms in total. The van der Waals surface area contributed by atoms with Crippen molar-refractivity contribution in [1.29, 1.82) is 0 Å². The molecule has 0 bridgehead atoms. The number of likely N-dealkylation sites (tertiary alicyclic amines) is 1. The Morgan fingerprint density at radius 2 is 1.65 bits per heavy atom. The number of halogens is 2. The van der Waals surface area contributed by atoms with E-state index in [2.05, 4.69) is 0 Å². The lowest BCUT2D eigenvalue weighted by Gasteiger charge is -2.30. The van der Waals surface area contributed by atoms with Crippen LogP contribution >= 0.6 is 23.2 Å². The Balaban J connectivity index is 1.85. The van der Waals surface area contributed by atoms with Crippen molar-refractivity contribution in [1.82, 2.24) is 4.90 Å². The molecular weight excluding hydrogens is 373 g/mol. The standard InChI is InChI=1S/C20H19Cl2NO3/c21-15-9-10-16(17(22)13-15)20(25)26-18(14-7-3-1-4-8-14)19(24)23-11-5-2-6-12-23/h1,3-4,7-10,13,18H,2,5-6,11-12H2/t18-/m0/s1. The van der Waals surface area contributed by atoms with Crippen molar-refractivity contribution in [3.8, 4) is 0 Å². The SMILES string of the molecule is O=C(O[C@H](C(=O)N1CCCCC1)c1ccccc1)c1ccc(Cl)cc1Cl. The van der Waals surface area contributed by atoms with Crippen LogP contribution in [0.3, 0.4) is 0 Å². The summed E-state index contributed by atoms with van der Waals surface area (Å²) in [7, 11) is 0. The van der Waals surface area contributed by atoms with Gasteiger partial charge in [-0.15, -0.1) is 0 Å². The van der Waals surface area contributed by atoms with Crippen LogP contribution in [0.2, 0.25) is 10.0 Å².